The molecule has 0 aliphatic carbocycles. The van der Waals surface area contributed by atoms with E-state index in [4.69, 9.17) is 5.11 Å². The van der Waals surface area contributed by atoms with E-state index >= 15 is 0 Å². The fourth-order valence-electron chi connectivity index (χ4n) is 1.19. The molecule has 0 spiro atoms. The molecule has 2 aromatic carbocycles. The predicted molar refractivity (Wildman–Crippen MR) is 71.5 cm³/mol. The highest BCUT2D eigenvalue weighted by molar-refractivity contribution is 9.10. The summed E-state index contributed by atoms with van der Waals surface area (Å²) >= 11 is 3.19. The summed E-state index contributed by atoms with van der Waals surface area (Å²) in [6.07, 6.45) is -1.87. The summed E-state index contributed by atoms with van der Waals surface area (Å²) in [5.41, 5.74) is 1.02. The van der Waals surface area contributed by atoms with Gasteiger partial charge in [-0.2, -0.15) is 0 Å². The lowest BCUT2D eigenvalue weighted by Gasteiger charge is -1.99. The summed E-state index contributed by atoms with van der Waals surface area (Å²) in [7, 11) is 0. The van der Waals surface area contributed by atoms with Gasteiger partial charge in [-0.25, -0.2) is 8.78 Å². The maximum Gasteiger partial charge on any atom is 0.222 e. The van der Waals surface area contributed by atoms with Crippen LogP contribution in [0.5, 0.6) is 0 Å². The Kier molecular flexibility index (Phi) is 6.54. The van der Waals surface area contributed by atoms with Crippen LogP contribution in [0.15, 0.2) is 59.1 Å². The SMILES string of the molecule is FCc1ccccc1.OC(F)c1ccc(Br)cc1. The van der Waals surface area contributed by atoms with Crippen molar-refractivity contribution < 1.29 is 13.9 Å². The average Bonchev–Trinajstić information content (AvgIpc) is 2.41. The molecule has 0 saturated carbocycles. The number of aliphatic hydroxyl groups excluding tert-OH is 1. The molecule has 1 nitrogen and oxygen atoms in total. The Morgan fingerprint density at radius 3 is 1.94 bits per heavy atom. The monoisotopic (exact) mass is 314 g/mol. The van der Waals surface area contributed by atoms with Crippen molar-refractivity contribution in [2.24, 2.45) is 0 Å². The molecular formula is C14H13BrF2O. The molecule has 0 aromatic heterocycles. The second-order valence-electron chi connectivity index (χ2n) is 3.51. The quantitative estimate of drug-likeness (QED) is 0.861. The summed E-state index contributed by atoms with van der Waals surface area (Å²) in [4.78, 5) is 0. The van der Waals surface area contributed by atoms with Gasteiger partial charge in [0.2, 0.25) is 6.36 Å². The van der Waals surface area contributed by atoms with Crippen molar-refractivity contribution in [2.45, 2.75) is 13.0 Å². The van der Waals surface area contributed by atoms with Gasteiger partial charge in [0.05, 0.1) is 0 Å². The maximum absolute atomic E-state index is 12.1. The summed E-state index contributed by atoms with van der Waals surface area (Å²) in [5.74, 6) is 0. The molecule has 2 aromatic rings. The second-order valence-corrected chi connectivity index (χ2v) is 4.42. The summed E-state index contributed by atoms with van der Waals surface area (Å²) in [5, 5.41) is 8.43. The van der Waals surface area contributed by atoms with Crippen molar-refractivity contribution in [1.82, 2.24) is 0 Å². The normalized spacial score (nSPS) is 11.3. The molecule has 1 N–H and O–H groups in total. The van der Waals surface area contributed by atoms with Crippen LogP contribution in [0.3, 0.4) is 0 Å². The van der Waals surface area contributed by atoms with E-state index in [1.54, 1.807) is 24.3 Å². The minimum absolute atomic E-state index is 0.281. The average molecular weight is 315 g/mol. The van der Waals surface area contributed by atoms with Crippen LogP contribution in [0.1, 0.15) is 17.5 Å². The van der Waals surface area contributed by atoms with Gasteiger partial charge in [-0.05, 0) is 17.7 Å². The fourth-order valence-corrected chi connectivity index (χ4v) is 1.45. The molecule has 1 atom stereocenters. The molecule has 0 amide bonds. The van der Waals surface area contributed by atoms with Crippen LogP contribution in [0.2, 0.25) is 0 Å². The lowest BCUT2D eigenvalue weighted by molar-refractivity contribution is 0.0411. The van der Waals surface area contributed by atoms with Crippen molar-refractivity contribution in [2.75, 3.05) is 0 Å². The minimum Gasteiger partial charge on any atom is -0.360 e. The third kappa shape index (κ3) is 5.38. The number of benzene rings is 2. The third-order valence-corrected chi connectivity index (χ3v) is 2.67. The highest BCUT2D eigenvalue weighted by atomic mass is 79.9. The lowest BCUT2D eigenvalue weighted by Crippen LogP contribution is -1.86. The van der Waals surface area contributed by atoms with Crippen LogP contribution in [0.25, 0.3) is 0 Å². The van der Waals surface area contributed by atoms with Crippen molar-refractivity contribution >= 4 is 15.9 Å². The molecule has 0 radical (unpaired) electrons. The maximum atomic E-state index is 12.1. The first-order chi connectivity index (χ1) is 8.63. The Morgan fingerprint density at radius 1 is 1.00 bits per heavy atom. The van der Waals surface area contributed by atoms with Crippen LogP contribution in [-0.4, -0.2) is 5.11 Å². The number of rotatable bonds is 2. The molecule has 18 heavy (non-hydrogen) atoms. The van der Waals surface area contributed by atoms with Crippen LogP contribution >= 0.6 is 15.9 Å². The van der Waals surface area contributed by atoms with Crippen molar-refractivity contribution in [3.63, 3.8) is 0 Å². The van der Waals surface area contributed by atoms with Gasteiger partial charge in [0.25, 0.3) is 0 Å². The van der Waals surface area contributed by atoms with E-state index in [0.29, 0.717) is 0 Å². The second kappa shape index (κ2) is 7.95. The van der Waals surface area contributed by atoms with Crippen LogP contribution in [0.4, 0.5) is 8.78 Å². The molecule has 4 heteroatoms. The number of halogens is 3. The molecule has 0 saturated heterocycles. The smallest absolute Gasteiger partial charge is 0.222 e. The third-order valence-electron chi connectivity index (χ3n) is 2.14. The topological polar surface area (TPSA) is 20.2 Å². The van der Waals surface area contributed by atoms with E-state index in [0.717, 1.165) is 10.0 Å². The van der Waals surface area contributed by atoms with Gasteiger partial charge in [0.15, 0.2) is 0 Å². The largest absolute Gasteiger partial charge is 0.360 e. The Labute approximate surface area is 113 Å². The summed E-state index contributed by atoms with van der Waals surface area (Å²) < 4.78 is 24.7. The highest BCUT2D eigenvalue weighted by Gasteiger charge is 2.01. The molecular weight excluding hydrogens is 302 g/mol. The van der Waals surface area contributed by atoms with E-state index in [1.807, 2.05) is 18.2 Å². The summed E-state index contributed by atoms with van der Waals surface area (Å²) in [6.45, 7) is -0.360. The van der Waals surface area contributed by atoms with Gasteiger partial charge >= 0.3 is 0 Å². The van der Waals surface area contributed by atoms with E-state index in [2.05, 4.69) is 15.9 Å². The van der Waals surface area contributed by atoms with E-state index in [1.165, 1.54) is 12.1 Å². The lowest BCUT2D eigenvalue weighted by atomic mass is 10.2. The van der Waals surface area contributed by atoms with E-state index < -0.39 is 6.36 Å². The number of hydrogen-bond donors (Lipinski definition) is 1. The standard InChI is InChI=1S/C7H6BrFO.C7H7F/c8-6-3-1-5(2-4-6)7(9)10;8-6-7-4-2-1-3-5-7/h1-4,7,10H;1-5H,6H2. The van der Waals surface area contributed by atoms with Crippen LogP contribution in [-0.2, 0) is 6.67 Å². The van der Waals surface area contributed by atoms with Gasteiger partial charge in [0, 0.05) is 10.0 Å². The van der Waals surface area contributed by atoms with E-state index in [-0.39, 0.29) is 12.2 Å². The van der Waals surface area contributed by atoms with Crippen molar-refractivity contribution in [1.29, 1.82) is 0 Å². The number of aliphatic hydroxyl groups is 1. The molecule has 2 rings (SSSR count). The Bertz CT molecular complexity index is 443. The molecule has 0 aliphatic rings. The first-order valence-corrected chi connectivity index (χ1v) is 6.10. The minimum atomic E-state index is -1.87. The van der Waals surface area contributed by atoms with Gasteiger partial charge < -0.3 is 5.11 Å². The van der Waals surface area contributed by atoms with E-state index in [9.17, 15) is 8.78 Å². The predicted octanol–water partition coefficient (Wildman–Crippen LogP) is 4.57. The number of hydrogen-bond acceptors (Lipinski definition) is 1. The van der Waals surface area contributed by atoms with Gasteiger partial charge in [0.1, 0.15) is 6.67 Å². The molecule has 0 bridgehead atoms. The summed E-state index contributed by atoms with van der Waals surface area (Å²) in [6, 6.07) is 15.5. The zero-order valence-electron chi connectivity index (χ0n) is 9.56. The first kappa shape index (κ1) is 14.8. The van der Waals surface area contributed by atoms with Crippen molar-refractivity contribution in [3.8, 4) is 0 Å². The first-order valence-electron chi connectivity index (χ1n) is 5.31. The zero-order chi connectivity index (χ0) is 13.4. The van der Waals surface area contributed by atoms with Gasteiger partial charge in [-0.1, -0.05) is 58.4 Å². The molecule has 96 valence electrons. The molecule has 0 fully saturated rings. The van der Waals surface area contributed by atoms with Crippen LogP contribution in [0, 0.1) is 0 Å². The Hall–Kier alpha value is -1.26. The highest BCUT2D eigenvalue weighted by Crippen LogP contribution is 2.16. The van der Waals surface area contributed by atoms with Crippen LogP contribution < -0.4 is 0 Å². The van der Waals surface area contributed by atoms with Gasteiger partial charge in [-0.3, -0.25) is 0 Å². The molecule has 0 aliphatic heterocycles. The van der Waals surface area contributed by atoms with Crippen molar-refractivity contribution in [3.05, 3.63) is 70.2 Å². The zero-order valence-corrected chi connectivity index (χ0v) is 11.1. The number of alkyl halides is 2. The Morgan fingerprint density at radius 2 is 1.56 bits per heavy atom. The molecule has 1 unspecified atom stereocenters. The Balaban J connectivity index is 0.000000184. The van der Waals surface area contributed by atoms with Gasteiger partial charge in [-0.15, -0.1) is 0 Å². The fraction of sp³-hybridized carbons (Fsp3) is 0.143. The molecule has 0 heterocycles.